The predicted octanol–water partition coefficient (Wildman–Crippen LogP) is 4.55. The smallest absolute Gasteiger partial charge is 0.253 e. The number of nitrogens with one attached hydrogen (secondary N) is 1. The number of carbonyl (C=O) groups excluding carboxylic acids is 2. The van der Waals surface area contributed by atoms with E-state index in [-0.39, 0.29) is 17.9 Å². The van der Waals surface area contributed by atoms with Crippen LogP contribution in [0, 0.1) is 0 Å². The Morgan fingerprint density at radius 1 is 1.03 bits per heavy atom. The van der Waals surface area contributed by atoms with Gasteiger partial charge in [0.1, 0.15) is 5.75 Å². The molecule has 0 spiro atoms. The van der Waals surface area contributed by atoms with Crippen molar-refractivity contribution in [3.8, 4) is 17.0 Å². The van der Waals surface area contributed by atoms with Crippen LogP contribution in [0.1, 0.15) is 47.4 Å². The van der Waals surface area contributed by atoms with Crippen molar-refractivity contribution >= 4 is 22.8 Å². The van der Waals surface area contributed by atoms with Crippen LogP contribution in [0.3, 0.4) is 0 Å². The molecule has 0 atom stereocenters. The molecule has 8 heteroatoms. The van der Waals surface area contributed by atoms with Crippen molar-refractivity contribution in [1.29, 1.82) is 0 Å². The first-order chi connectivity index (χ1) is 18.1. The standard InChI is InChI=1S/C29H31N5O3/c1-3-34-27-25(19-30-34)24(18-26(32-27)20-8-6-5-7-9-20)28(35)31-22-14-16-33(17-15-22)29(36)21-10-12-23(13-11-21)37-4-2/h5-13,18-19,22H,3-4,14-17H2,1-2H3,(H,31,35). The van der Waals surface area contributed by atoms with E-state index in [1.165, 1.54) is 0 Å². The number of ether oxygens (including phenoxy) is 1. The quantitative estimate of drug-likeness (QED) is 0.405. The maximum atomic E-state index is 13.5. The number of benzene rings is 2. The normalized spacial score (nSPS) is 14.1. The number of aryl methyl sites for hydroxylation is 1. The molecule has 0 radical (unpaired) electrons. The molecule has 0 unspecified atom stereocenters. The Labute approximate surface area is 216 Å². The number of likely N-dealkylation sites (tertiary alicyclic amines) is 1. The molecule has 0 saturated carbocycles. The van der Waals surface area contributed by atoms with Gasteiger partial charge in [-0.25, -0.2) is 9.67 Å². The van der Waals surface area contributed by atoms with E-state index < -0.39 is 0 Å². The maximum absolute atomic E-state index is 13.5. The summed E-state index contributed by atoms with van der Waals surface area (Å²) in [5, 5.41) is 8.37. The van der Waals surface area contributed by atoms with Crippen molar-refractivity contribution in [2.75, 3.05) is 19.7 Å². The summed E-state index contributed by atoms with van der Waals surface area (Å²) in [6, 6.07) is 18.9. The van der Waals surface area contributed by atoms with Crippen LogP contribution in [0.25, 0.3) is 22.3 Å². The van der Waals surface area contributed by atoms with Crippen LogP contribution >= 0.6 is 0 Å². The lowest BCUT2D eigenvalue weighted by Crippen LogP contribution is -2.46. The van der Waals surface area contributed by atoms with Gasteiger partial charge in [0.15, 0.2) is 5.65 Å². The van der Waals surface area contributed by atoms with E-state index in [9.17, 15) is 9.59 Å². The predicted molar refractivity (Wildman–Crippen MR) is 143 cm³/mol. The molecular weight excluding hydrogens is 466 g/mol. The average Bonchev–Trinajstić information content (AvgIpc) is 3.37. The van der Waals surface area contributed by atoms with Gasteiger partial charge in [-0.15, -0.1) is 0 Å². The summed E-state index contributed by atoms with van der Waals surface area (Å²) in [7, 11) is 0. The molecular formula is C29H31N5O3. The molecule has 4 aromatic rings. The summed E-state index contributed by atoms with van der Waals surface area (Å²) >= 11 is 0. The van der Waals surface area contributed by atoms with Gasteiger partial charge >= 0.3 is 0 Å². The van der Waals surface area contributed by atoms with E-state index >= 15 is 0 Å². The van der Waals surface area contributed by atoms with Crippen molar-refractivity contribution in [3.63, 3.8) is 0 Å². The van der Waals surface area contributed by atoms with Gasteiger partial charge < -0.3 is 15.0 Å². The topological polar surface area (TPSA) is 89.3 Å². The second-order valence-corrected chi connectivity index (χ2v) is 9.12. The van der Waals surface area contributed by atoms with E-state index in [2.05, 4.69) is 10.4 Å². The zero-order valence-electron chi connectivity index (χ0n) is 21.2. The molecule has 37 heavy (non-hydrogen) atoms. The van der Waals surface area contributed by atoms with E-state index in [0.717, 1.165) is 22.4 Å². The monoisotopic (exact) mass is 497 g/mol. The summed E-state index contributed by atoms with van der Waals surface area (Å²) in [5.74, 6) is 0.616. The second-order valence-electron chi connectivity index (χ2n) is 9.12. The zero-order valence-corrected chi connectivity index (χ0v) is 21.2. The first kappa shape index (κ1) is 24.5. The number of hydrogen-bond acceptors (Lipinski definition) is 5. The summed E-state index contributed by atoms with van der Waals surface area (Å²) in [6.45, 7) is 6.37. The van der Waals surface area contributed by atoms with Gasteiger partial charge in [-0.2, -0.15) is 5.10 Å². The lowest BCUT2D eigenvalue weighted by atomic mass is 10.0. The van der Waals surface area contributed by atoms with Crippen LogP contribution in [0.4, 0.5) is 0 Å². The van der Waals surface area contributed by atoms with E-state index in [1.54, 1.807) is 18.3 Å². The fourth-order valence-electron chi connectivity index (χ4n) is 4.76. The van der Waals surface area contributed by atoms with Crippen LogP contribution < -0.4 is 10.1 Å². The van der Waals surface area contributed by atoms with Gasteiger partial charge in [0.05, 0.1) is 29.4 Å². The molecule has 2 amide bonds. The van der Waals surface area contributed by atoms with Gasteiger partial charge in [0.2, 0.25) is 0 Å². The molecule has 0 bridgehead atoms. The van der Waals surface area contributed by atoms with Crippen LogP contribution in [-0.4, -0.2) is 57.2 Å². The van der Waals surface area contributed by atoms with Crippen LogP contribution in [-0.2, 0) is 6.54 Å². The molecule has 190 valence electrons. The van der Waals surface area contributed by atoms with Crippen molar-refractivity contribution in [2.45, 2.75) is 39.3 Å². The number of fused-ring (bicyclic) bond motifs is 1. The number of nitrogens with zero attached hydrogens (tertiary/aromatic N) is 4. The van der Waals surface area contributed by atoms with Gasteiger partial charge in [-0.1, -0.05) is 30.3 Å². The highest BCUT2D eigenvalue weighted by molar-refractivity contribution is 6.06. The Balaban J connectivity index is 1.28. The lowest BCUT2D eigenvalue weighted by Gasteiger charge is -2.32. The number of aromatic nitrogens is 3. The Morgan fingerprint density at radius 3 is 2.43 bits per heavy atom. The van der Waals surface area contributed by atoms with Crippen molar-refractivity contribution in [3.05, 3.63) is 78.0 Å². The molecule has 1 N–H and O–H groups in total. The first-order valence-corrected chi connectivity index (χ1v) is 12.8. The van der Waals surface area contributed by atoms with Gasteiger partial charge in [-0.05, 0) is 57.0 Å². The minimum atomic E-state index is -0.142. The summed E-state index contributed by atoms with van der Waals surface area (Å²) in [5.41, 5.74) is 3.60. The molecule has 8 nitrogen and oxygen atoms in total. The van der Waals surface area contributed by atoms with E-state index in [4.69, 9.17) is 9.72 Å². The van der Waals surface area contributed by atoms with Crippen molar-refractivity contribution in [2.24, 2.45) is 0 Å². The fraction of sp³-hybridized carbons (Fsp3) is 0.310. The number of pyridine rings is 1. The van der Waals surface area contributed by atoms with Crippen molar-refractivity contribution < 1.29 is 14.3 Å². The number of piperidine rings is 1. The Morgan fingerprint density at radius 2 is 1.76 bits per heavy atom. The minimum Gasteiger partial charge on any atom is -0.494 e. The van der Waals surface area contributed by atoms with E-state index in [1.807, 2.05) is 72.0 Å². The number of rotatable bonds is 7. The number of hydrogen-bond donors (Lipinski definition) is 1. The molecule has 5 rings (SSSR count). The largest absolute Gasteiger partial charge is 0.494 e. The zero-order chi connectivity index (χ0) is 25.8. The van der Waals surface area contributed by atoms with Gasteiger partial charge in [-0.3, -0.25) is 9.59 Å². The summed E-state index contributed by atoms with van der Waals surface area (Å²) in [4.78, 5) is 33.1. The highest BCUT2D eigenvalue weighted by Gasteiger charge is 2.26. The van der Waals surface area contributed by atoms with Crippen molar-refractivity contribution in [1.82, 2.24) is 25.0 Å². The summed E-state index contributed by atoms with van der Waals surface area (Å²) < 4.78 is 7.28. The molecule has 1 aliphatic heterocycles. The average molecular weight is 498 g/mol. The highest BCUT2D eigenvalue weighted by atomic mass is 16.5. The third-order valence-corrected chi connectivity index (χ3v) is 6.75. The fourth-order valence-corrected chi connectivity index (χ4v) is 4.76. The summed E-state index contributed by atoms with van der Waals surface area (Å²) in [6.07, 6.45) is 3.11. The third-order valence-electron chi connectivity index (χ3n) is 6.75. The molecule has 1 aliphatic rings. The molecule has 2 aromatic heterocycles. The van der Waals surface area contributed by atoms with E-state index in [0.29, 0.717) is 55.9 Å². The first-order valence-electron chi connectivity index (χ1n) is 12.8. The third kappa shape index (κ3) is 5.18. The highest BCUT2D eigenvalue weighted by Crippen LogP contribution is 2.25. The number of carbonyl (C=O) groups is 2. The Hall–Kier alpha value is -4.20. The minimum absolute atomic E-state index is 0.00292. The molecule has 0 aliphatic carbocycles. The molecule has 1 fully saturated rings. The molecule has 3 heterocycles. The Bertz CT molecular complexity index is 1390. The second kappa shape index (κ2) is 10.8. The number of amides is 2. The Kier molecular flexibility index (Phi) is 7.16. The van der Waals surface area contributed by atoms with Crippen LogP contribution in [0.2, 0.25) is 0 Å². The van der Waals surface area contributed by atoms with Gasteiger partial charge in [0, 0.05) is 36.8 Å². The SMILES string of the molecule is CCOc1ccc(C(=O)N2CCC(NC(=O)c3cc(-c4ccccc4)nc4c3cnn4CC)CC2)cc1. The maximum Gasteiger partial charge on any atom is 0.253 e. The molecule has 2 aromatic carbocycles. The van der Waals surface area contributed by atoms with Gasteiger partial charge in [0.25, 0.3) is 11.8 Å². The molecule has 1 saturated heterocycles. The van der Waals surface area contributed by atoms with Crippen LogP contribution in [0.5, 0.6) is 5.75 Å². The van der Waals surface area contributed by atoms with Crippen LogP contribution in [0.15, 0.2) is 66.9 Å². The lowest BCUT2D eigenvalue weighted by molar-refractivity contribution is 0.0698.